The highest BCUT2D eigenvalue weighted by molar-refractivity contribution is 8.93. The molecule has 1 unspecified atom stereocenters. The number of hydrogen-bond donors (Lipinski definition) is 3. The summed E-state index contributed by atoms with van der Waals surface area (Å²) in [6.07, 6.45) is 4.82. The molecule has 1 aliphatic heterocycles. The molecule has 8 nitrogen and oxygen atoms in total. The number of amides is 2. The Labute approximate surface area is 222 Å². The van der Waals surface area contributed by atoms with Crippen molar-refractivity contribution in [3.63, 3.8) is 0 Å². The van der Waals surface area contributed by atoms with Crippen molar-refractivity contribution in [1.29, 1.82) is 0 Å². The number of amidine groups is 1. The average molecular weight is 598 g/mol. The zero-order chi connectivity index (χ0) is 24.2. The standard InChI is InChI=1S/C22H33ClN4O4S2.BrH/c1-4-27-21(24-13-15(2)3)32-14-22(27,29)16-10-11-18(23)19(12-16)33(30,31)26-20(28)25-17-8-6-5-7-9-17;/h10-12,15,17,29H,4-9,13-14H2,1-3H3,(H2,25,26,28);1H. The van der Waals surface area contributed by atoms with Crippen LogP contribution in [0.3, 0.4) is 0 Å². The van der Waals surface area contributed by atoms with Crippen LogP contribution in [0.15, 0.2) is 28.1 Å². The number of urea groups is 1. The number of thioether (sulfide) groups is 1. The summed E-state index contributed by atoms with van der Waals surface area (Å²) >= 11 is 7.65. The summed E-state index contributed by atoms with van der Waals surface area (Å²) < 4.78 is 28.0. The molecule has 0 aromatic heterocycles. The van der Waals surface area contributed by atoms with Crippen LogP contribution in [-0.2, 0) is 15.7 Å². The minimum Gasteiger partial charge on any atom is -0.366 e. The van der Waals surface area contributed by atoms with Gasteiger partial charge in [-0.1, -0.05) is 62.5 Å². The summed E-state index contributed by atoms with van der Waals surface area (Å²) in [5.41, 5.74) is -1.06. The molecule has 2 amide bonds. The molecule has 12 heteroatoms. The smallest absolute Gasteiger partial charge is 0.328 e. The second-order valence-corrected chi connectivity index (χ2v) is 11.9. The highest BCUT2D eigenvalue weighted by Gasteiger charge is 2.44. The fourth-order valence-electron chi connectivity index (χ4n) is 4.10. The largest absolute Gasteiger partial charge is 0.366 e. The number of nitrogens with one attached hydrogen (secondary N) is 2. The number of hydrogen-bond acceptors (Lipinski definition) is 6. The van der Waals surface area contributed by atoms with Gasteiger partial charge in [0.05, 0.1) is 10.8 Å². The molecule has 1 saturated heterocycles. The number of carbonyl (C=O) groups is 1. The van der Waals surface area contributed by atoms with Gasteiger partial charge in [0.1, 0.15) is 4.90 Å². The van der Waals surface area contributed by atoms with Crippen molar-refractivity contribution in [3.8, 4) is 0 Å². The summed E-state index contributed by atoms with van der Waals surface area (Å²) in [4.78, 5) is 18.5. The van der Waals surface area contributed by atoms with Crippen LogP contribution in [0.1, 0.15) is 58.4 Å². The second kappa shape index (κ2) is 12.3. The van der Waals surface area contributed by atoms with Gasteiger partial charge in [0, 0.05) is 24.7 Å². The van der Waals surface area contributed by atoms with Crippen LogP contribution in [0.4, 0.5) is 4.79 Å². The summed E-state index contributed by atoms with van der Waals surface area (Å²) in [5.74, 6) is 0.678. The number of rotatable bonds is 7. The SMILES string of the molecule is Br.CCN1C(=NCC(C)C)SCC1(O)c1ccc(Cl)c(S(=O)(=O)NC(=O)NC2CCCCC2)c1. The van der Waals surface area contributed by atoms with Gasteiger partial charge in [-0.25, -0.2) is 17.9 Å². The normalized spacial score (nSPS) is 22.6. The van der Waals surface area contributed by atoms with E-state index in [9.17, 15) is 18.3 Å². The Morgan fingerprint density at radius 2 is 2.00 bits per heavy atom. The van der Waals surface area contributed by atoms with E-state index >= 15 is 0 Å². The molecule has 34 heavy (non-hydrogen) atoms. The lowest BCUT2D eigenvalue weighted by Gasteiger charge is -2.34. The van der Waals surface area contributed by atoms with Crippen LogP contribution >= 0.6 is 40.3 Å². The molecular weight excluding hydrogens is 564 g/mol. The molecule has 0 spiro atoms. The maximum atomic E-state index is 13.0. The van der Waals surface area contributed by atoms with E-state index in [1.165, 1.54) is 23.9 Å². The molecule has 3 N–H and O–H groups in total. The van der Waals surface area contributed by atoms with E-state index < -0.39 is 21.8 Å². The van der Waals surface area contributed by atoms with Crippen LogP contribution in [-0.4, -0.2) is 54.5 Å². The predicted molar refractivity (Wildman–Crippen MR) is 143 cm³/mol. The molecule has 0 radical (unpaired) electrons. The van der Waals surface area contributed by atoms with E-state index in [-0.39, 0.29) is 32.9 Å². The minimum atomic E-state index is -4.24. The fourth-order valence-corrected chi connectivity index (χ4v) is 6.80. The number of benzene rings is 1. The van der Waals surface area contributed by atoms with Gasteiger partial charge < -0.3 is 15.3 Å². The van der Waals surface area contributed by atoms with Gasteiger partial charge in [0.25, 0.3) is 10.0 Å². The molecule has 1 atom stereocenters. The van der Waals surface area contributed by atoms with Crippen LogP contribution in [0, 0.1) is 5.92 Å². The lowest BCUT2D eigenvalue weighted by molar-refractivity contribution is -0.0455. The fraction of sp³-hybridized carbons (Fsp3) is 0.636. The van der Waals surface area contributed by atoms with Gasteiger partial charge >= 0.3 is 6.03 Å². The first-order valence-electron chi connectivity index (χ1n) is 11.4. The molecule has 3 rings (SSSR count). The van der Waals surface area contributed by atoms with E-state index in [1.54, 1.807) is 11.0 Å². The van der Waals surface area contributed by atoms with Gasteiger partial charge in [0.2, 0.25) is 0 Å². The third-order valence-corrected chi connectivity index (χ3v) is 8.81. The van der Waals surface area contributed by atoms with Gasteiger partial charge in [-0.3, -0.25) is 4.99 Å². The Morgan fingerprint density at radius 1 is 1.32 bits per heavy atom. The molecule has 1 aromatic rings. The molecular formula is C22H34BrClN4O4S2. The molecule has 2 fully saturated rings. The van der Waals surface area contributed by atoms with Gasteiger partial charge in [-0.05, 0) is 37.8 Å². The first-order valence-corrected chi connectivity index (χ1v) is 14.2. The summed E-state index contributed by atoms with van der Waals surface area (Å²) in [6.45, 7) is 7.18. The third-order valence-electron chi connectivity index (χ3n) is 5.84. The van der Waals surface area contributed by atoms with Crippen molar-refractivity contribution in [1.82, 2.24) is 14.9 Å². The maximum absolute atomic E-state index is 13.0. The van der Waals surface area contributed by atoms with E-state index in [0.29, 0.717) is 30.3 Å². The van der Waals surface area contributed by atoms with E-state index in [2.05, 4.69) is 28.9 Å². The first-order chi connectivity index (χ1) is 15.6. The second-order valence-electron chi connectivity index (χ2n) is 8.93. The Morgan fingerprint density at radius 3 is 2.62 bits per heavy atom. The average Bonchev–Trinajstić information content (AvgIpc) is 3.09. The van der Waals surface area contributed by atoms with Crippen LogP contribution in [0.25, 0.3) is 0 Å². The van der Waals surface area contributed by atoms with E-state index in [4.69, 9.17) is 11.6 Å². The summed E-state index contributed by atoms with van der Waals surface area (Å²) in [5, 5.41) is 15.0. The molecule has 2 aliphatic rings. The van der Waals surface area contributed by atoms with E-state index in [0.717, 1.165) is 37.3 Å². The van der Waals surface area contributed by atoms with Gasteiger partial charge in [0.15, 0.2) is 10.9 Å². The van der Waals surface area contributed by atoms with Crippen molar-refractivity contribution in [3.05, 3.63) is 28.8 Å². The minimum absolute atomic E-state index is 0. The van der Waals surface area contributed by atoms with Gasteiger partial charge in [-0.2, -0.15) is 0 Å². The number of halogens is 2. The topological polar surface area (TPSA) is 111 Å². The van der Waals surface area contributed by atoms with Crippen molar-refractivity contribution in [2.75, 3.05) is 18.8 Å². The lowest BCUT2D eigenvalue weighted by Crippen LogP contribution is -2.46. The molecule has 1 heterocycles. The highest BCUT2D eigenvalue weighted by Crippen LogP contribution is 2.40. The molecule has 0 bridgehead atoms. The van der Waals surface area contributed by atoms with Crippen molar-refractivity contribution in [2.45, 2.75) is 69.5 Å². The van der Waals surface area contributed by atoms with Crippen molar-refractivity contribution < 1.29 is 18.3 Å². The zero-order valence-corrected chi connectivity index (χ0v) is 23.8. The quantitative estimate of drug-likeness (QED) is 0.428. The van der Waals surface area contributed by atoms with Crippen molar-refractivity contribution in [2.24, 2.45) is 10.9 Å². The number of aliphatic hydroxyl groups is 1. The number of sulfonamides is 1. The van der Waals surface area contributed by atoms with E-state index in [1.807, 2.05) is 6.92 Å². The summed E-state index contributed by atoms with van der Waals surface area (Å²) in [6, 6.07) is 3.58. The highest BCUT2D eigenvalue weighted by atomic mass is 79.9. The molecule has 192 valence electrons. The monoisotopic (exact) mass is 596 g/mol. The lowest BCUT2D eigenvalue weighted by atomic mass is 9.96. The molecule has 1 saturated carbocycles. The molecule has 1 aromatic carbocycles. The van der Waals surface area contributed by atoms with Crippen LogP contribution < -0.4 is 10.0 Å². The number of carbonyl (C=O) groups excluding carboxylic acids is 1. The van der Waals surface area contributed by atoms with Crippen LogP contribution in [0.2, 0.25) is 5.02 Å². The predicted octanol–water partition coefficient (Wildman–Crippen LogP) is 4.46. The first kappa shape index (κ1) is 29.2. The maximum Gasteiger partial charge on any atom is 0.328 e. The Balaban J connectivity index is 0.00000408. The Bertz CT molecular complexity index is 1000. The Kier molecular flexibility index (Phi) is 10.6. The Hall–Kier alpha value is -1.01. The van der Waals surface area contributed by atoms with Gasteiger partial charge in [-0.15, -0.1) is 17.0 Å². The van der Waals surface area contributed by atoms with Crippen LogP contribution in [0.5, 0.6) is 0 Å². The third kappa shape index (κ3) is 6.81. The zero-order valence-electron chi connectivity index (χ0n) is 19.7. The number of aliphatic imine (C=N–C) groups is 1. The summed E-state index contributed by atoms with van der Waals surface area (Å²) in [7, 11) is -4.24. The van der Waals surface area contributed by atoms with Crippen molar-refractivity contribution >= 4 is 61.6 Å². The number of nitrogens with zero attached hydrogens (tertiary/aromatic N) is 2. The molecule has 1 aliphatic carbocycles.